The highest BCUT2D eigenvalue weighted by molar-refractivity contribution is 5.60. The summed E-state index contributed by atoms with van der Waals surface area (Å²) >= 11 is 0. The molecule has 1 aliphatic rings. The van der Waals surface area contributed by atoms with E-state index in [1.807, 2.05) is 11.0 Å². The van der Waals surface area contributed by atoms with Gasteiger partial charge in [-0.05, 0) is 36.8 Å². The molecule has 2 aromatic carbocycles. The molecule has 0 radical (unpaired) electrons. The third kappa shape index (κ3) is 2.52. The van der Waals surface area contributed by atoms with Crippen LogP contribution in [0.15, 0.2) is 36.4 Å². The van der Waals surface area contributed by atoms with Crippen LogP contribution in [0.3, 0.4) is 0 Å². The molecule has 1 fully saturated rings. The summed E-state index contributed by atoms with van der Waals surface area (Å²) in [5.74, 6) is -1.85. The highest BCUT2D eigenvalue weighted by Crippen LogP contribution is 2.34. The molecule has 0 aliphatic carbocycles. The van der Waals surface area contributed by atoms with E-state index in [0.717, 1.165) is 0 Å². The molecule has 0 spiro atoms. The minimum atomic E-state index is -0.550. The van der Waals surface area contributed by atoms with Crippen molar-refractivity contribution in [1.82, 2.24) is 0 Å². The van der Waals surface area contributed by atoms with E-state index >= 15 is 0 Å². The van der Waals surface area contributed by atoms with Gasteiger partial charge < -0.3 is 4.90 Å². The van der Waals surface area contributed by atoms with E-state index in [9.17, 15) is 13.2 Å². The number of benzene rings is 2. The number of nitrogens with zero attached hydrogens (tertiary/aromatic N) is 2. The second kappa shape index (κ2) is 5.72. The van der Waals surface area contributed by atoms with Gasteiger partial charge in [-0.15, -0.1) is 0 Å². The maximum atomic E-state index is 13.9. The highest BCUT2D eigenvalue weighted by atomic mass is 19.1. The van der Waals surface area contributed by atoms with Crippen LogP contribution >= 0.6 is 0 Å². The Hall–Kier alpha value is -2.48. The number of hydrogen-bond acceptors (Lipinski definition) is 2. The van der Waals surface area contributed by atoms with Gasteiger partial charge >= 0.3 is 0 Å². The third-order valence-electron chi connectivity index (χ3n) is 4.02. The van der Waals surface area contributed by atoms with E-state index in [-0.39, 0.29) is 17.0 Å². The van der Waals surface area contributed by atoms with Gasteiger partial charge in [0, 0.05) is 24.6 Å². The minimum absolute atomic E-state index is 0.0885. The first-order valence-corrected chi connectivity index (χ1v) is 6.98. The van der Waals surface area contributed by atoms with Crippen LogP contribution in [0, 0.1) is 28.8 Å². The average Bonchev–Trinajstić information content (AvgIpc) is 2.96. The monoisotopic (exact) mass is 302 g/mol. The topological polar surface area (TPSA) is 27.0 Å². The minimum Gasteiger partial charge on any atom is -0.370 e. The Kier molecular flexibility index (Phi) is 3.76. The average molecular weight is 302 g/mol. The van der Waals surface area contributed by atoms with Crippen molar-refractivity contribution in [2.45, 2.75) is 12.3 Å². The molecule has 0 amide bonds. The predicted molar refractivity (Wildman–Crippen MR) is 77.0 cm³/mol. The molecule has 1 heterocycles. The van der Waals surface area contributed by atoms with Gasteiger partial charge in [0.25, 0.3) is 0 Å². The van der Waals surface area contributed by atoms with E-state index in [2.05, 4.69) is 0 Å². The number of rotatable bonds is 2. The summed E-state index contributed by atoms with van der Waals surface area (Å²) in [5, 5.41) is 9.11. The van der Waals surface area contributed by atoms with Gasteiger partial charge in [0.2, 0.25) is 0 Å². The zero-order valence-corrected chi connectivity index (χ0v) is 11.7. The molecule has 0 bridgehead atoms. The van der Waals surface area contributed by atoms with Gasteiger partial charge in [0.15, 0.2) is 0 Å². The normalized spacial score (nSPS) is 17.5. The van der Waals surface area contributed by atoms with Crippen LogP contribution in [-0.4, -0.2) is 13.1 Å². The Balaban J connectivity index is 1.89. The van der Waals surface area contributed by atoms with Gasteiger partial charge in [-0.1, -0.05) is 6.07 Å². The van der Waals surface area contributed by atoms with Gasteiger partial charge in [-0.2, -0.15) is 5.26 Å². The molecule has 0 aromatic heterocycles. The molecular weight excluding hydrogens is 289 g/mol. The van der Waals surface area contributed by atoms with Crippen molar-refractivity contribution in [1.29, 1.82) is 5.26 Å². The SMILES string of the molecule is N#Cc1cc(F)ccc1N1CCC(c2c(F)cccc2F)C1. The van der Waals surface area contributed by atoms with Crippen molar-refractivity contribution in [2.75, 3.05) is 18.0 Å². The lowest BCUT2D eigenvalue weighted by atomic mass is 9.97. The Bertz CT molecular complexity index is 732. The first-order valence-electron chi connectivity index (χ1n) is 6.98. The summed E-state index contributed by atoms with van der Waals surface area (Å²) in [5.41, 5.74) is 0.920. The molecule has 1 unspecified atom stereocenters. The fourth-order valence-corrected chi connectivity index (χ4v) is 2.99. The first-order chi connectivity index (χ1) is 10.6. The fraction of sp³-hybridized carbons (Fsp3) is 0.235. The summed E-state index contributed by atoms with van der Waals surface area (Å²) in [6.45, 7) is 0.969. The maximum Gasteiger partial charge on any atom is 0.129 e. The van der Waals surface area contributed by atoms with Gasteiger partial charge in [0.05, 0.1) is 11.3 Å². The predicted octanol–water partition coefficient (Wildman–Crippen LogP) is 3.97. The second-order valence-corrected chi connectivity index (χ2v) is 5.34. The fourth-order valence-electron chi connectivity index (χ4n) is 2.99. The largest absolute Gasteiger partial charge is 0.370 e. The standard InChI is InChI=1S/C17H13F3N2/c18-13-4-5-16(12(8-13)9-21)22-7-6-11(10-22)17-14(19)2-1-3-15(17)20/h1-5,8,11H,6-7,10H2. The molecule has 2 nitrogen and oxygen atoms in total. The summed E-state index contributed by atoms with van der Waals surface area (Å²) in [7, 11) is 0. The van der Waals surface area contributed by atoms with E-state index in [4.69, 9.17) is 5.26 Å². The molecule has 22 heavy (non-hydrogen) atoms. The summed E-state index contributed by atoms with van der Waals surface area (Å²) in [4.78, 5) is 1.87. The zero-order valence-electron chi connectivity index (χ0n) is 11.7. The van der Waals surface area contributed by atoms with Crippen molar-refractivity contribution in [3.8, 4) is 6.07 Å². The molecule has 0 N–H and O–H groups in total. The lowest BCUT2D eigenvalue weighted by Gasteiger charge is -2.20. The van der Waals surface area contributed by atoms with Crippen LogP contribution in [0.1, 0.15) is 23.5 Å². The molecule has 0 saturated carbocycles. The summed E-state index contributed by atoms with van der Waals surface area (Å²) < 4.78 is 40.9. The van der Waals surface area contributed by atoms with Crippen LogP contribution in [-0.2, 0) is 0 Å². The van der Waals surface area contributed by atoms with Crippen molar-refractivity contribution >= 4 is 5.69 Å². The van der Waals surface area contributed by atoms with Crippen LogP contribution in [0.4, 0.5) is 18.9 Å². The van der Waals surface area contributed by atoms with Gasteiger partial charge in [-0.3, -0.25) is 0 Å². The lowest BCUT2D eigenvalue weighted by molar-refractivity contribution is 0.533. The molecule has 1 atom stereocenters. The molecule has 5 heteroatoms. The third-order valence-corrected chi connectivity index (χ3v) is 4.02. The Labute approximate surface area is 126 Å². The Morgan fingerprint density at radius 1 is 1.09 bits per heavy atom. The second-order valence-electron chi connectivity index (χ2n) is 5.34. The maximum absolute atomic E-state index is 13.9. The zero-order chi connectivity index (χ0) is 15.7. The van der Waals surface area contributed by atoms with Gasteiger partial charge in [0.1, 0.15) is 23.5 Å². The molecule has 112 valence electrons. The molecule has 1 aliphatic heterocycles. The lowest BCUT2D eigenvalue weighted by Crippen LogP contribution is -2.20. The van der Waals surface area contributed by atoms with Gasteiger partial charge in [-0.25, -0.2) is 13.2 Å². The quantitative estimate of drug-likeness (QED) is 0.839. The molecule has 2 aromatic rings. The van der Waals surface area contributed by atoms with Crippen LogP contribution in [0.2, 0.25) is 0 Å². The van der Waals surface area contributed by atoms with Crippen molar-refractivity contribution < 1.29 is 13.2 Å². The van der Waals surface area contributed by atoms with E-state index in [1.54, 1.807) is 0 Å². The van der Waals surface area contributed by atoms with Crippen molar-refractivity contribution in [3.63, 3.8) is 0 Å². The smallest absolute Gasteiger partial charge is 0.129 e. The molecular formula is C17H13F3N2. The summed E-state index contributed by atoms with van der Waals surface area (Å²) in [6.07, 6.45) is 0.583. The number of halogens is 3. The van der Waals surface area contributed by atoms with E-state index in [1.165, 1.54) is 36.4 Å². The first kappa shape index (κ1) is 14.5. The number of anilines is 1. The Morgan fingerprint density at radius 3 is 2.50 bits per heavy atom. The van der Waals surface area contributed by atoms with Crippen molar-refractivity contribution in [3.05, 3.63) is 65.0 Å². The van der Waals surface area contributed by atoms with E-state index < -0.39 is 17.5 Å². The van der Waals surface area contributed by atoms with E-state index in [0.29, 0.717) is 25.2 Å². The summed E-state index contributed by atoms with van der Waals surface area (Å²) in [6, 6.07) is 9.80. The Morgan fingerprint density at radius 2 is 1.82 bits per heavy atom. The molecule has 1 saturated heterocycles. The highest BCUT2D eigenvalue weighted by Gasteiger charge is 2.29. The number of nitriles is 1. The molecule has 3 rings (SSSR count). The van der Waals surface area contributed by atoms with Crippen LogP contribution < -0.4 is 4.90 Å². The number of hydrogen-bond donors (Lipinski definition) is 0. The van der Waals surface area contributed by atoms with Crippen molar-refractivity contribution in [2.24, 2.45) is 0 Å². The van der Waals surface area contributed by atoms with Crippen LogP contribution in [0.25, 0.3) is 0 Å². The van der Waals surface area contributed by atoms with Crippen LogP contribution in [0.5, 0.6) is 0 Å².